The molecule has 0 bridgehead atoms. The van der Waals surface area contributed by atoms with E-state index in [1.807, 2.05) is 60.5 Å². The molecule has 0 spiro atoms. The molecule has 0 radical (unpaired) electrons. The van der Waals surface area contributed by atoms with Crippen molar-refractivity contribution >= 4 is 28.1 Å². The van der Waals surface area contributed by atoms with E-state index < -0.39 is 0 Å². The van der Waals surface area contributed by atoms with Gasteiger partial charge in [0.05, 0.1) is 23.6 Å². The lowest BCUT2D eigenvalue weighted by Gasteiger charge is -2.10. The van der Waals surface area contributed by atoms with Gasteiger partial charge in [-0.1, -0.05) is 6.08 Å². The summed E-state index contributed by atoms with van der Waals surface area (Å²) in [6.45, 7) is 0. The van der Waals surface area contributed by atoms with Crippen molar-refractivity contribution in [1.82, 2.24) is 34.3 Å². The number of nitrogens with zero attached hydrogens (tertiary/aromatic N) is 6. The van der Waals surface area contributed by atoms with Gasteiger partial charge in [0.25, 0.3) is 0 Å². The number of benzene rings is 1. The Balaban J connectivity index is 1.35. The molecule has 6 rings (SSSR count). The van der Waals surface area contributed by atoms with E-state index in [2.05, 4.69) is 30.6 Å². The van der Waals surface area contributed by atoms with Crippen molar-refractivity contribution in [2.75, 3.05) is 5.32 Å². The molecule has 0 amide bonds. The molecular weight excluding hydrogens is 419 g/mol. The van der Waals surface area contributed by atoms with E-state index in [1.165, 1.54) is 6.08 Å². The highest BCUT2D eigenvalue weighted by molar-refractivity contribution is 5.87. The molecular formula is C24H21FN8. The molecule has 1 unspecified atom stereocenters. The Morgan fingerprint density at radius 3 is 3.03 bits per heavy atom. The average Bonchev–Trinajstić information content (AvgIpc) is 3.51. The number of halogens is 1. The molecule has 4 aromatic heterocycles. The van der Waals surface area contributed by atoms with Crippen LogP contribution in [-0.4, -0.2) is 34.3 Å². The number of nitrogens with one attached hydrogen (secondary N) is 2. The number of rotatable bonds is 4. The highest BCUT2D eigenvalue weighted by Crippen LogP contribution is 2.33. The Hall–Kier alpha value is -4.27. The van der Waals surface area contributed by atoms with Gasteiger partial charge >= 0.3 is 0 Å². The number of hydrogen-bond acceptors (Lipinski definition) is 5. The van der Waals surface area contributed by atoms with Crippen molar-refractivity contribution in [2.45, 2.75) is 18.8 Å². The summed E-state index contributed by atoms with van der Waals surface area (Å²) >= 11 is 0. The molecule has 33 heavy (non-hydrogen) atoms. The van der Waals surface area contributed by atoms with E-state index in [9.17, 15) is 4.39 Å². The zero-order valence-corrected chi connectivity index (χ0v) is 17.9. The number of anilines is 2. The van der Waals surface area contributed by atoms with Crippen molar-refractivity contribution < 1.29 is 4.39 Å². The fraction of sp³-hybridized carbons (Fsp3) is 0.167. The third-order valence-corrected chi connectivity index (χ3v) is 5.95. The standard InChI is InChI=1S/C24H21FN8/c1-32-14-16(12-28-32)21-13-27-24-23(26-9-10-33(21)24)29-18-7-8-20-19(11-18)22(31-30-20)15-3-2-4-17(25)6-5-15/h4-15H,2-3H2,1H3,(H,26,29)(H,30,31). The van der Waals surface area contributed by atoms with Gasteiger partial charge in [0, 0.05) is 53.9 Å². The maximum Gasteiger partial charge on any atom is 0.180 e. The van der Waals surface area contributed by atoms with Crippen LogP contribution in [0.4, 0.5) is 15.9 Å². The summed E-state index contributed by atoms with van der Waals surface area (Å²) in [7, 11) is 1.89. The third-order valence-electron chi connectivity index (χ3n) is 5.95. The molecule has 1 aliphatic carbocycles. The van der Waals surface area contributed by atoms with E-state index in [0.717, 1.165) is 45.6 Å². The van der Waals surface area contributed by atoms with Gasteiger partial charge in [0.2, 0.25) is 0 Å². The lowest BCUT2D eigenvalue weighted by Crippen LogP contribution is -1.99. The predicted octanol–water partition coefficient (Wildman–Crippen LogP) is 5.04. The Kier molecular flexibility index (Phi) is 4.53. The van der Waals surface area contributed by atoms with Crippen LogP contribution in [0.1, 0.15) is 24.5 Å². The van der Waals surface area contributed by atoms with Gasteiger partial charge in [-0.3, -0.25) is 14.2 Å². The fourth-order valence-electron chi connectivity index (χ4n) is 4.32. The Morgan fingerprint density at radius 2 is 2.15 bits per heavy atom. The zero-order valence-electron chi connectivity index (χ0n) is 17.9. The largest absolute Gasteiger partial charge is 0.337 e. The third kappa shape index (κ3) is 3.47. The van der Waals surface area contributed by atoms with Crippen LogP contribution in [0.5, 0.6) is 0 Å². The minimum atomic E-state index is -0.187. The molecule has 4 heterocycles. The van der Waals surface area contributed by atoms with Crippen LogP contribution in [0.2, 0.25) is 0 Å². The van der Waals surface area contributed by atoms with Crippen molar-refractivity contribution in [3.05, 3.63) is 78.9 Å². The summed E-state index contributed by atoms with van der Waals surface area (Å²) < 4.78 is 17.4. The molecule has 0 saturated carbocycles. The second-order valence-electron chi connectivity index (χ2n) is 8.14. The average molecular weight is 440 g/mol. The van der Waals surface area contributed by atoms with Gasteiger partial charge in [-0.25, -0.2) is 14.4 Å². The van der Waals surface area contributed by atoms with Gasteiger partial charge < -0.3 is 5.32 Å². The molecule has 1 aliphatic rings. The number of allylic oxidation sites excluding steroid dienone is 4. The maximum absolute atomic E-state index is 13.6. The van der Waals surface area contributed by atoms with Crippen LogP contribution in [-0.2, 0) is 7.05 Å². The molecule has 0 saturated heterocycles. The highest BCUT2D eigenvalue weighted by Gasteiger charge is 2.17. The van der Waals surface area contributed by atoms with E-state index in [1.54, 1.807) is 17.0 Å². The Morgan fingerprint density at radius 1 is 1.21 bits per heavy atom. The van der Waals surface area contributed by atoms with Crippen molar-refractivity contribution in [2.24, 2.45) is 7.05 Å². The number of H-pyrrole nitrogens is 1. The fourth-order valence-corrected chi connectivity index (χ4v) is 4.32. The first kappa shape index (κ1) is 19.4. The van der Waals surface area contributed by atoms with E-state index in [4.69, 9.17) is 0 Å². The number of aromatic nitrogens is 7. The predicted molar refractivity (Wildman–Crippen MR) is 125 cm³/mol. The Bertz CT molecular complexity index is 1540. The number of imidazole rings is 1. The summed E-state index contributed by atoms with van der Waals surface area (Å²) in [6.07, 6.45) is 15.8. The molecule has 8 nitrogen and oxygen atoms in total. The molecule has 2 N–H and O–H groups in total. The number of aromatic amines is 1. The van der Waals surface area contributed by atoms with Gasteiger partial charge in [0.15, 0.2) is 11.5 Å². The summed E-state index contributed by atoms with van der Waals surface area (Å²) in [5, 5.41) is 16.3. The summed E-state index contributed by atoms with van der Waals surface area (Å²) in [5.74, 6) is 0.538. The van der Waals surface area contributed by atoms with Crippen molar-refractivity contribution in [3.63, 3.8) is 0 Å². The van der Waals surface area contributed by atoms with Gasteiger partial charge in [0.1, 0.15) is 5.83 Å². The smallest absolute Gasteiger partial charge is 0.180 e. The Labute approximate surface area is 188 Å². The SMILES string of the molecule is Cn1cc(-c2cnc3c(Nc4ccc5n[nH]c(C6C=CC(F)=CCC6)c5c4)nccn23)cn1. The second-order valence-corrected chi connectivity index (χ2v) is 8.14. The molecule has 9 heteroatoms. The highest BCUT2D eigenvalue weighted by atomic mass is 19.1. The minimum Gasteiger partial charge on any atom is -0.337 e. The number of hydrogen-bond donors (Lipinski definition) is 2. The first-order chi connectivity index (χ1) is 16.2. The van der Waals surface area contributed by atoms with E-state index in [0.29, 0.717) is 12.2 Å². The van der Waals surface area contributed by atoms with Crippen molar-refractivity contribution in [3.8, 4) is 11.3 Å². The van der Waals surface area contributed by atoms with Crippen LogP contribution < -0.4 is 5.32 Å². The van der Waals surface area contributed by atoms with Crippen LogP contribution >= 0.6 is 0 Å². The zero-order chi connectivity index (χ0) is 22.4. The molecule has 164 valence electrons. The molecule has 5 aromatic rings. The molecule has 1 aromatic carbocycles. The minimum absolute atomic E-state index is 0.0747. The number of aryl methyl sites for hydroxylation is 1. The van der Waals surface area contributed by atoms with Crippen LogP contribution in [0.15, 0.2) is 73.2 Å². The van der Waals surface area contributed by atoms with Crippen LogP contribution in [0.25, 0.3) is 27.8 Å². The monoisotopic (exact) mass is 440 g/mol. The van der Waals surface area contributed by atoms with E-state index in [-0.39, 0.29) is 11.7 Å². The first-order valence-corrected chi connectivity index (χ1v) is 10.8. The van der Waals surface area contributed by atoms with E-state index >= 15 is 0 Å². The van der Waals surface area contributed by atoms with Gasteiger partial charge in [-0.2, -0.15) is 10.2 Å². The topological polar surface area (TPSA) is 88.7 Å². The molecule has 0 fully saturated rings. The summed E-state index contributed by atoms with van der Waals surface area (Å²) in [4.78, 5) is 9.11. The number of fused-ring (bicyclic) bond motifs is 2. The summed E-state index contributed by atoms with van der Waals surface area (Å²) in [6, 6.07) is 5.98. The van der Waals surface area contributed by atoms with Gasteiger partial charge in [-0.15, -0.1) is 0 Å². The normalized spacial score (nSPS) is 16.3. The molecule has 0 aliphatic heterocycles. The lowest BCUT2D eigenvalue weighted by molar-refractivity contribution is 0.660. The summed E-state index contributed by atoms with van der Waals surface area (Å²) in [5.41, 5.74) is 5.37. The second kappa shape index (κ2) is 7.70. The van der Waals surface area contributed by atoms with Crippen LogP contribution in [0.3, 0.4) is 0 Å². The van der Waals surface area contributed by atoms with Gasteiger partial charge in [-0.05, 0) is 43.2 Å². The quantitative estimate of drug-likeness (QED) is 0.409. The van der Waals surface area contributed by atoms with Crippen LogP contribution in [0, 0.1) is 0 Å². The molecule has 1 atom stereocenters. The first-order valence-electron chi connectivity index (χ1n) is 10.8. The maximum atomic E-state index is 13.6. The van der Waals surface area contributed by atoms with Crippen molar-refractivity contribution in [1.29, 1.82) is 0 Å². The lowest BCUT2D eigenvalue weighted by atomic mass is 9.97.